The molecule has 4 atom stereocenters. The van der Waals surface area contributed by atoms with E-state index in [0.717, 1.165) is 0 Å². The van der Waals surface area contributed by atoms with Crippen LogP contribution in [-0.2, 0) is 4.79 Å². The number of amides is 1. The predicted octanol–water partition coefficient (Wildman–Crippen LogP) is 1.89. The molecule has 0 aromatic heterocycles. The van der Waals surface area contributed by atoms with Gasteiger partial charge in [0.1, 0.15) is 10.5 Å². The first-order valence-corrected chi connectivity index (χ1v) is 6.15. The Morgan fingerprint density at radius 1 is 1.59 bits per heavy atom. The Balaban J connectivity index is 0.00000144. The Kier molecular flexibility index (Phi) is 4.57. The highest BCUT2D eigenvalue weighted by Gasteiger charge is 2.57. The molecule has 1 aliphatic heterocycles. The molecule has 2 aliphatic rings. The number of hydrogen-bond acceptors (Lipinski definition) is 2. The van der Waals surface area contributed by atoms with Crippen LogP contribution in [0, 0.1) is 5.92 Å². The molecule has 0 aromatic carbocycles. The highest BCUT2D eigenvalue weighted by molar-refractivity contribution is 6.50. The number of primary amides is 1. The van der Waals surface area contributed by atoms with Crippen LogP contribution in [-0.4, -0.2) is 39.9 Å². The number of nitrogens with two attached hydrogens (primary N) is 1. The minimum Gasteiger partial charge on any atom is -0.368 e. The van der Waals surface area contributed by atoms with Crippen molar-refractivity contribution in [3.8, 4) is 0 Å². The second-order valence-electron chi connectivity index (χ2n) is 4.76. The van der Waals surface area contributed by atoms with Crippen LogP contribution in [0.25, 0.3) is 0 Å². The van der Waals surface area contributed by atoms with Crippen molar-refractivity contribution in [2.24, 2.45) is 11.7 Å². The van der Waals surface area contributed by atoms with Crippen LogP contribution in [0.1, 0.15) is 19.8 Å². The standard InChI is InChI=1S/C10H15Cl2FN2O.ClH/c1-5(7-3-10(7,11)12)15-4-6(13)2-8(15)9(14)16;/h5-8H,2-4H2,1H3,(H2,14,16);1H/t5-,6?,7-,8?;/m1./s1. The third kappa shape index (κ3) is 2.98. The molecule has 1 heterocycles. The molecule has 1 saturated heterocycles. The van der Waals surface area contributed by atoms with E-state index in [1.165, 1.54) is 0 Å². The van der Waals surface area contributed by atoms with Crippen LogP contribution < -0.4 is 5.73 Å². The maximum absolute atomic E-state index is 13.3. The number of carbonyl (C=O) groups is 1. The molecule has 2 N–H and O–H groups in total. The van der Waals surface area contributed by atoms with Crippen molar-refractivity contribution in [3.05, 3.63) is 0 Å². The molecule has 0 radical (unpaired) electrons. The first kappa shape index (κ1) is 15.3. The van der Waals surface area contributed by atoms with Gasteiger partial charge in [0.25, 0.3) is 0 Å². The van der Waals surface area contributed by atoms with E-state index in [9.17, 15) is 9.18 Å². The van der Waals surface area contributed by atoms with E-state index in [1.807, 2.05) is 6.92 Å². The van der Waals surface area contributed by atoms with Crippen LogP contribution in [0.5, 0.6) is 0 Å². The monoisotopic (exact) mass is 304 g/mol. The van der Waals surface area contributed by atoms with Crippen LogP contribution in [0.3, 0.4) is 0 Å². The van der Waals surface area contributed by atoms with E-state index in [0.29, 0.717) is 6.42 Å². The first-order valence-electron chi connectivity index (χ1n) is 5.40. The van der Waals surface area contributed by atoms with Gasteiger partial charge >= 0.3 is 0 Å². The second kappa shape index (κ2) is 5.08. The SMILES string of the molecule is C[C@H]([C@H]1CC1(Cl)Cl)N1CC(F)CC1C(N)=O.Cl. The summed E-state index contributed by atoms with van der Waals surface area (Å²) in [5.41, 5.74) is 5.26. The number of nitrogens with zero attached hydrogens (tertiary/aromatic N) is 1. The number of alkyl halides is 3. The lowest BCUT2D eigenvalue weighted by Gasteiger charge is -2.29. The van der Waals surface area contributed by atoms with E-state index in [4.69, 9.17) is 28.9 Å². The third-order valence-electron chi connectivity index (χ3n) is 3.60. The molecular formula is C10H16Cl3FN2O. The molecule has 3 nitrogen and oxygen atoms in total. The number of likely N-dealkylation sites (tertiary alicyclic amines) is 1. The van der Waals surface area contributed by atoms with Gasteiger partial charge in [0.2, 0.25) is 5.91 Å². The largest absolute Gasteiger partial charge is 0.368 e. The van der Waals surface area contributed by atoms with E-state index in [-0.39, 0.29) is 37.3 Å². The topological polar surface area (TPSA) is 46.3 Å². The fourth-order valence-corrected chi connectivity index (χ4v) is 3.22. The summed E-state index contributed by atoms with van der Waals surface area (Å²) in [4.78, 5) is 13.0. The van der Waals surface area contributed by atoms with Crippen molar-refractivity contribution in [2.75, 3.05) is 6.54 Å². The molecule has 17 heavy (non-hydrogen) atoms. The van der Waals surface area contributed by atoms with Gasteiger partial charge in [-0.1, -0.05) is 0 Å². The fraction of sp³-hybridized carbons (Fsp3) is 0.900. The van der Waals surface area contributed by atoms with Gasteiger partial charge in [-0.3, -0.25) is 9.69 Å². The Bertz CT molecular complexity index is 316. The Morgan fingerprint density at radius 3 is 2.53 bits per heavy atom. The minimum atomic E-state index is -0.987. The lowest BCUT2D eigenvalue weighted by Crippen LogP contribution is -2.46. The number of halogens is 4. The van der Waals surface area contributed by atoms with Gasteiger partial charge in [-0.15, -0.1) is 35.6 Å². The number of carbonyl (C=O) groups excluding carboxylic acids is 1. The van der Waals surface area contributed by atoms with Crippen LogP contribution >= 0.6 is 35.6 Å². The van der Waals surface area contributed by atoms with E-state index < -0.39 is 22.5 Å². The van der Waals surface area contributed by atoms with Gasteiger partial charge < -0.3 is 5.73 Å². The Hall–Kier alpha value is 0.230. The summed E-state index contributed by atoms with van der Waals surface area (Å²) in [5, 5.41) is 0. The number of hydrogen-bond donors (Lipinski definition) is 1. The maximum Gasteiger partial charge on any atom is 0.234 e. The van der Waals surface area contributed by atoms with Crippen LogP contribution in [0.15, 0.2) is 0 Å². The summed E-state index contributed by atoms with van der Waals surface area (Å²) >= 11 is 11.9. The zero-order valence-electron chi connectivity index (χ0n) is 9.41. The predicted molar refractivity (Wildman–Crippen MR) is 68.5 cm³/mol. The van der Waals surface area contributed by atoms with E-state index in [2.05, 4.69) is 0 Å². The molecule has 2 unspecified atom stereocenters. The molecule has 0 bridgehead atoms. The highest BCUT2D eigenvalue weighted by atomic mass is 35.5. The van der Waals surface area contributed by atoms with Gasteiger partial charge in [0.05, 0.1) is 6.04 Å². The molecule has 1 amide bonds. The van der Waals surface area contributed by atoms with Crippen molar-refractivity contribution >= 4 is 41.5 Å². The van der Waals surface area contributed by atoms with Crippen molar-refractivity contribution in [1.82, 2.24) is 4.90 Å². The van der Waals surface area contributed by atoms with E-state index in [1.54, 1.807) is 4.90 Å². The van der Waals surface area contributed by atoms with Gasteiger partial charge in [-0.2, -0.15) is 0 Å². The number of rotatable bonds is 3. The third-order valence-corrected chi connectivity index (χ3v) is 4.47. The summed E-state index contributed by atoms with van der Waals surface area (Å²) in [7, 11) is 0. The molecule has 2 fully saturated rings. The lowest BCUT2D eigenvalue weighted by atomic mass is 10.1. The summed E-state index contributed by atoms with van der Waals surface area (Å²) in [6, 6.07) is -0.525. The normalized spacial score (nSPS) is 37.3. The fourth-order valence-electron chi connectivity index (χ4n) is 2.53. The summed E-state index contributed by atoms with van der Waals surface area (Å²) in [5.74, 6) is -0.370. The molecule has 7 heteroatoms. The Morgan fingerprint density at radius 2 is 2.12 bits per heavy atom. The first-order chi connectivity index (χ1) is 7.33. The Labute approximate surface area is 116 Å². The molecule has 0 spiro atoms. The average molecular weight is 306 g/mol. The summed E-state index contributed by atoms with van der Waals surface area (Å²) in [6.07, 6.45) is -0.112. The van der Waals surface area contributed by atoms with Crippen molar-refractivity contribution < 1.29 is 9.18 Å². The molecule has 2 rings (SSSR count). The van der Waals surface area contributed by atoms with E-state index >= 15 is 0 Å². The van der Waals surface area contributed by atoms with Gasteiger partial charge in [0.15, 0.2) is 0 Å². The van der Waals surface area contributed by atoms with Gasteiger partial charge in [-0.25, -0.2) is 4.39 Å². The molecule has 1 saturated carbocycles. The second-order valence-corrected chi connectivity index (χ2v) is 6.30. The quantitative estimate of drug-likeness (QED) is 0.809. The molecular weight excluding hydrogens is 289 g/mol. The van der Waals surface area contributed by atoms with Crippen LogP contribution in [0.4, 0.5) is 4.39 Å². The smallest absolute Gasteiger partial charge is 0.234 e. The van der Waals surface area contributed by atoms with Gasteiger partial charge in [0, 0.05) is 24.9 Å². The zero-order chi connectivity index (χ0) is 12.1. The molecule has 100 valence electrons. The highest BCUT2D eigenvalue weighted by Crippen LogP contribution is 2.56. The van der Waals surface area contributed by atoms with Crippen molar-refractivity contribution in [3.63, 3.8) is 0 Å². The summed E-state index contributed by atoms with van der Waals surface area (Å²) < 4.78 is 12.6. The van der Waals surface area contributed by atoms with Crippen molar-refractivity contribution in [1.29, 1.82) is 0 Å². The van der Waals surface area contributed by atoms with Crippen LogP contribution in [0.2, 0.25) is 0 Å². The maximum atomic E-state index is 13.3. The lowest BCUT2D eigenvalue weighted by molar-refractivity contribution is -0.123. The van der Waals surface area contributed by atoms with Gasteiger partial charge in [-0.05, 0) is 13.3 Å². The summed E-state index contributed by atoms with van der Waals surface area (Å²) in [6.45, 7) is 2.17. The zero-order valence-corrected chi connectivity index (χ0v) is 11.7. The van der Waals surface area contributed by atoms with Crippen molar-refractivity contribution in [2.45, 2.75) is 42.4 Å². The molecule has 0 aromatic rings. The average Bonchev–Trinajstić information content (AvgIpc) is 2.62. The molecule has 1 aliphatic carbocycles. The minimum absolute atomic E-state index is 0.